The fourth-order valence-electron chi connectivity index (χ4n) is 1.61. The van der Waals surface area contributed by atoms with Crippen LogP contribution >= 0.6 is 0 Å². The third-order valence-corrected chi connectivity index (χ3v) is 2.40. The molecule has 1 atom stereocenters. The molecule has 1 aliphatic rings. The first-order chi connectivity index (χ1) is 9.65. The molecule has 4 nitrogen and oxygen atoms in total. The Hall–Kier alpha value is -0.806. The average molecular weight is 390 g/mol. The number of halogens is 1. The van der Waals surface area contributed by atoms with Gasteiger partial charge in [-0.15, -0.1) is 0 Å². The van der Waals surface area contributed by atoms with Gasteiger partial charge in [0.05, 0.1) is 0 Å². The van der Waals surface area contributed by atoms with Crippen molar-refractivity contribution in [3.8, 4) is 0 Å². The summed E-state index contributed by atoms with van der Waals surface area (Å²) in [5.41, 5.74) is 0.537. The first-order valence-corrected chi connectivity index (χ1v) is 7.01. The van der Waals surface area contributed by atoms with Crippen molar-refractivity contribution < 1.29 is 49.5 Å². The number of nitrogens with one attached hydrogen (secondary N) is 2. The van der Waals surface area contributed by atoms with Crippen LogP contribution in [0, 0.1) is 13.2 Å². The molecule has 2 N–H and O–H groups in total. The number of hydrogen-bond acceptors (Lipinski definition) is 3. The summed E-state index contributed by atoms with van der Waals surface area (Å²) in [5, 5.41) is 5.12. The maximum absolute atomic E-state index is 12.9. The summed E-state index contributed by atoms with van der Waals surface area (Å²) in [5.74, 6) is -0.986. The van der Waals surface area contributed by atoms with E-state index in [0.717, 1.165) is 0 Å². The minimum atomic E-state index is -0.473. The molecule has 2 rings (SSSR count). The number of anilines is 1. The molecular weight excluding hydrogens is 360 g/mol. The fourth-order valence-corrected chi connectivity index (χ4v) is 1.61. The summed E-state index contributed by atoms with van der Waals surface area (Å²) >= 11 is 0. The molecule has 0 aliphatic carbocycles. The van der Waals surface area contributed by atoms with Crippen molar-refractivity contribution in [3.05, 3.63) is 37.5 Å². The Bertz CT molecular complexity index is 452. The van der Waals surface area contributed by atoms with Crippen molar-refractivity contribution in [3.63, 3.8) is 0 Å². The second-order valence-electron chi connectivity index (χ2n) is 3.66. The van der Waals surface area contributed by atoms with Gasteiger partial charge in [-0.3, -0.25) is 14.9 Å². The zero-order chi connectivity index (χ0) is 15.5. The number of carbonyl (C=O) groups is 2. The molecule has 1 aromatic carbocycles. The van der Waals surface area contributed by atoms with E-state index in [2.05, 4.69) is 10.6 Å². The summed E-state index contributed by atoms with van der Waals surface area (Å²) < 4.78 is 12.9. The van der Waals surface area contributed by atoms with Crippen LogP contribution < -0.4 is 10.6 Å². The van der Waals surface area contributed by atoms with E-state index in [1.807, 2.05) is 27.7 Å². The van der Waals surface area contributed by atoms with Gasteiger partial charge in [0.2, 0.25) is 11.8 Å². The number of rotatable bonds is 2. The zero-order valence-electron chi connectivity index (χ0n) is 14.1. The second kappa shape index (κ2) is 15.1. The topological polar surface area (TPSA) is 58.2 Å². The van der Waals surface area contributed by atoms with Gasteiger partial charge in [0.25, 0.3) is 0 Å². The first kappa shape index (κ1) is 26.1. The summed E-state index contributed by atoms with van der Waals surface area (Å²) in [7, 11) is 0. The molecule has 1 radical (unpaired) electrons. The van der Waals surface area contributed by atoms with Crippen LogP contribution in [0.15, 0.2) is 24.3 Å². The van der Waals surface area contributed by atoms with E-state index in [-0.39, 0.29) is 60.6 Å². The molecule has 1 unspecified atom stereocenters. The molecule has 0 aromatic heterocycles. The first-order valence-electron chi connectivity index (χ1n) is 7.01. The van der Waals surface area contributed by atoms with E-state index in [4.69, 9.17) is 0 Å². The molecule has 0 bridgehead atoms. The smallest absolute Gasteiger partial charge is 0.249 e. The van der Waals surface area contributed by atoms with Crippen LogP contribution in [0.4, 0.5) is 10.1 Å². The largest absolute Gasteiger partial charge is 0.374 e. The van der Waals surface area contributed by atoms with Gasteiger partial charge in [-0.2, -0.15) is 0 Å². The van der Waals surface area contributed by atoms with Crippen LogP contribution in [-0.4, -0.2) is 17.9 Å². The molecule has 127 valence electrons. The van der Waals surface area contributed by atoms with E-state index in [9.17, 15) is 14.0 Å². The molecule has 0 spiro atoms. The predicted molar refractivity (Wildman–Crippen MR) is 89.5 cm³/mol. The van der Waals surface area contributed by atoms with Crippen LogP contribution in [0.25, 0.3) is 0 Å². The molecule has 22 heavy (non-hydrogen) atoms. The van der Waals surface area contributed by atoms with Crippen molar-refractivity contribution in [2.24, 2.45) is 0 Å². The van der Waals surface area contributed by atoms with Crippen LogP contribution in [-0.2, 0) is 42.3 Å². The van der Waals surface area contributed by atoms with Crippen LogP contribution in [0.5, 0.6) is 0 Å². The number of amides is 2. The van der Waals surface area contributed by atoms with E-state index in [0.29, 0.717) is 18.5 Å². The van der Waals surface area contributed by atoms with Gasteiger partial charge in [-0.1, -0.05) is 33.8 Å². The monoisotopic (exact) mass is 390 g/mol. The van der Waals surface area contributed by atoms with Crippen LogP contribution in [0.1, 0.15) is 43.4 Å². The van der Waals surface area contributed by atoms with Gasteiger partial charge in [-0.05, 0) is 24.6 Å². The summed E-state index contributed by atoms with van der Waals surface area (Å²) in [4.78, 5) is 22.3. The van der Waals surface area contributed by atoms with Crippen molar-refractivity contribution in [2.45, 2.75) is 46.6 Å². The predicted octanol–water partition coefficient (Wildman–Crippen LogP) is 4.03. The molecule has 1 fully saturated rings. The SMILES string of the molecule is CC.CC.O=C1CCC(Nc2cccc(F)c2)C(=O)N1.[CH3-].[HH].[HH].[Y]. The number of hydrogen-bond donors (Lipinski definition) is 2. The molecule has 0 saturated carbocycles. The Morgan fingerprint density at radius 1 is 1.23 bits per heavy atom. The van der Waals surface area contributed by atoms with Gasteiger partial charge >= 0.3 is 0 Å². The molecular formula is C16H30FN2O2Y-. The van der Waals surface area contributed by atoms with E-state index in [1.165, 1.54) is 12.1 Å². The molecule has 1 aromatic rings. The third kappa shape index (κ3) is 9.26. The average Bonchev–Trinajstić information content (AvgIpc) is 2.46. The zero-order valence-corrected chi connectivity index (χ0v) is 16.9. The van der Waals surface area contributed by atoms with Gasteiger partial charge in [0.1, 0.15) is 11.9 Å². The third-order valence-electron chi connectivity index (χ3n) is 2.40. The quantitative estimate of drug-likeness (QED) is 0.592. The number of piperidine rings is 1. The van der Waals surface area contributed by atoms with Crippen molar-refractivity contribution in [2.75, 3.05) is 5.32 Å². The van der Waals surface area contributed by atoms with Crippen molar-refractivity contribution >= 4 is 17.5 Å². The van der Waals surface area contributed by atoms with Crippen molar-refractivity contribution in [1.29, 1.82) is 0 Å². The molecule has 6 heteroatoms. The Morgan fingerprint density at radius 2 is 1.82 bits per heavy atom. The minimum absolute atomic E-state index is 0. The Balaban J connectivity index is -0.000000140. The summed E-state index contributed by atoms with van der Waals surface area (Å²) in [6.45, 7) is 8.00. The molecule has 2 amide bonds. The van der Waals surface area contributed by atoms with Crippen LogP contribution in [0.2, 0.25) is 0 Å². The molecule has 1 saturated heterocycles. The van der Waals surface area contributed by atoms with Gasteiger partial charge in [-0.25, -0.2) is 4.39 Å². The normalized spacial score (nSPS) is 15.4. The number of benzene rings is 1. The maximum Gasteiger partial charge on any atom is 0.249 e. The molecule has 1 aliphatic heterocycles. The summed E-state index contributed by atoms with van der Waals surface area (Å²) in [6, 6.07) is 5.40. The Morgan fingerprint density at radius 3 is 2.32 bits per heavy atom. The Labute approximate surface area is 161 Å². The second-order valence-corrected chi connectivity index (χ2v) is 3.66. The van der Waals surface area contributed by atoms with Crippen molar-refractivity contribution in [1.82, 2.24) is 5.32 Å². The van der Waals surface area contributed by atoms with E-state index >= 15 is 0 Å². The fraction of sp³-hybridized carbons (Fsp3) is 0.438. The summed E-state index contributed by atoms with van der Waals surface area (Å²) in [6.07, 6.45) is 0.736. The number of imide groups is 1. The Kier molecular flexibility index (Phi) is 17.9. The van der Waals surface area contributed by atoms with Gasteiger partial charge < -0.3 is 12.7 Å². The van der Waals surface area contributed by atoms with E-state index in [1.54, 1.807) is 12.1 Å². The van der Waals surface area contributed by atoms with Gasteiger partial charge in [0.15, 0.2) is 0 Å². The van der Waals surface area contributed by atoms with E-state index < -0.39 is 6.04 Å². The van der Waals surface area contributed by atoms with Crippen LogP contribution in [0.3, 0.4) is 0 Å². The van der Waals surface area contributed by atoms with Gasteiger partial charge in [0, 0.05) is 47.7 Å². The molecule has 1 heterocycles. The standard InChI is InChI=1S/C11H11FN2O2.2C2H6.CH3.Y.2H2/c12-7-2-1-3-8(6-7)13-9-4-5-10(15)14-11(9)16;2*1-2;;;;/h1-3,6,9,13H,4-5H2,(H,14,15,16);2*1-2H3;1H3;;2*1H/q;;;-1;;;. The number of carbonyl (C=O) groups excluding carboxylic acids is 2. The minimum Gasteiger partial charge on any atom is -0.374 e. The maximum atomic E-state index is 12.9.